The van der Waals surface area contributed by atoms with E-state index in [0.29, 0.717) is 0 Å². The highest BCUT2D eigenvalue weighted by molar-refractivity contribution is 4.48. The van der Waals surface area contributed by atoms with Gasteiger partial charge in [0.25, 0.3) is 0 Å². The minimum Gasteiger partial charge on any atom is -1.00 e. The molecule has 2 N–H and O–H groups in total. The summed E-state index contributed by atoms with van der Waals surface area (Å²) in [5, 5.41) is 2.56. The predicted molar refractivity (Wildman–Crippen MR) is 111 cm³/mol. The normalized spacial score (nSPS) is 10.8. The van der Waals surface area contributed by atoms with E-state index in [9.17, 15) is 0 Å². The number of quaternary nitrogens is 1. The molecular weight excluding hydrogens is 326 g/mol. The van der Waals surface area contributed by atoms with Gasteiger partial charge in [0, 0.05) is 0 Å². The lowest BCUT2D eigenvalue weighted by atomic mass is 10.1. The first-order valence-electron chi connectivity index (χ1n) is 11.7. The molecule has 0 aliphatic rings. The third kappa shape index (κ3) is 26.6. The lowest BCUT2D eigenvalue weighted by Crippen LogP contribution is -3.00. The molecule has 0 saturated heterocycles. The molecule has 0 saturated carbocycles. The second-order valence-corrected chi connectivity index (χ2v) is 7.88. The first-order valence-corrected chi connectivity index (χ1v) is 11.7. The molecule has 2 heteroatoms. The Morgan fingerprint density at radius 3 is 0.880 bits per heavy atom. The van der Waals surface area contributed by atoms with E-state index in [1.807, 2.05) is 0 Å². The maximum absolute atomic E-state index is 2.56. The zero-order valence-electron chi connectivity index (χ0n) is 17.8. The lowest BCUT2D eigenvalue weighted by Gasteiger charge is -2.04. The second-order valence-electron chi connectivity index (χ2n) is 7.88. The van der Waals surface area contributed by atoms with Crippen LogP contribution in [-0.4, -0.2) is 13.1 Å². The van der Waals surface area contributed by atoms with E-state index in [0.717, 1.165) is 0 Å². The molecule has 154 valence electrons. The molecular formula is C23H50ClN. The Labute approximate surface area is 166 Å². The molecule has 0 bridgehead atoms. The van der Waals surface area contributed by atoms with Gasteiger partial charge >= 0.3 is 0 Å². The number of hydrogen-bond donors (Lipinski definition) is 1. The summed E-state index contributed by atoms with van der Waals surface area (Å²) < 4.78 is 0. The third-order valence-corrected chi connectivity index (χ3v) is 5.27. The quantitative estimate of drug-likeness (QED) is 0.292. The first kappa shape index (κ1) is 27.5. The Hall–Kier alpha value is 0.250. The van der Waals surface area contributed by atoms with Gasteiger partial charge in [-0.3, -0.25) is 0 Å². The van der Waals surface area contributed by atoms with E-state index in [1.54, 1.807) is 0 Å². The van der Waals surface area contributed by atoms with E-state index in [4.69, 9.17) is 0 Å². The van der Waals surface area contributed by atoms with Gasteiger partial charge in [0.05, 0.1) is 13.1 Å². The number of hydrogen-bond acceptors (Lipinski definition) is 0. The Morgan fingerprint density at radius 2 is 0.600 bits per heavy atom. The summed E-state index contributed by atoms with van der Waals surface area (Å²) in [6, 6.07) is 0. The van der Waals surface area contributed by atoms with Crippen LogP contribution >= 0.6 is 0 Å². The summed E-state index contributed by atoms with van der Waals surface area (Å²) in [6.45, 7) is 7.33. The van der Waals surface area contributed by atoms with Crippen molar-refractivity contribution in [3.63, 3.8) is 0 Å². The van der Waals surface area contributed by atoms with E-state index in [-0.39, 0.29) is 12.4 Å². The van der Waals surface area contributed by atoms with Crippen LogP contribution in [0.4, 0.5) is 0 Å². The smallest absolute Gasteiger partial charge is 0.0755 e. The largest absolute Gasteiger partial charge is 1.00 e. The second kappa shape index (κ2) is 26.5. The van der Waals surface area contributed by atoms with Crippen molar-refractivity contribution in [2.24, 2.45) is 0 Å². The van der Waals surface area contributed by atoms with Gasteiger partial charge < -0.3 is 17.7 Å². The predicted octanol–water partition coefficient (Wildman–Crippen LogP) is 4.01. The van der Waals surface area contributed by atoms with Crippen molar-refractivity contribution in [1.82, 2.24) is 0 Å². The van der Waals surface area contributed by atoms with Gasteiger partial charge in [-0.05, 0) is 25.7 Å². The average Bonchev–Trinajstić information content (AvgIpc) is 2.60. The molecule has 0 aliphatic carbocycles. The molecule has 0 aromatic carbocycles. The van der Waals surface area contributed by atoms with Crippen molar-refractivity contribution in [3.8, 4) is 0 Å². The summed E-state index contributed by atoms with van der Waals surface area (Å²) in [6.07, 6.45) is 27.6. The molecule has 0 fully saturated rings. The molecule has 0 heterocycles. The monoisotopic (exact) mass is 375 g/mol. The van der Waals surface area contributed by atoms with Crippen LogP contribution in [0.15, 0.2) is 0 Å². The van der Waals surface area contributed by atoms with Crippen molar-refractivity contribution < 1.29 is 17.7 Å². The Balaban J connectivity index is 0. The van der Waals surface area contributed by atoms with Crippen molar-refractivity contribution in [3.05, 3.63) is 0 Å². The molecule has 0 aromatic rings. The van der Waals surface area contributed by atoms with Crippen molar-refractivity contribution in [2.45, 2.75) is 136 Å². The molecule has 0 radical (unpaired) electrons. The number of rotatable bonds is 21. The standard InChI is InChI=1S/C23H49N.ClH/c1-3-5-7-9-11-13-14-15-17-19-21-23-24-22-20-18-16-12-10-8-6-4-2;/h24H,3-23H2,1-2H3;1H. The van der Waals surface area contributed by atoms with Gasteiger partial charge in [-0.1, -0.05) is 110 Å². The van der Waals surface area contributed by atoms with E-state index >= 15 is 0 Å². The molecule has 0 spiro atoms. The van der Waals surface area contributed by atoms with Crippen LogP contribution in [0.3, 0.4) is 0 Å². The molecule has 0 amide bonds. The zero-order chi connectivity index (χ0) is 17.6. The highest BCUT2D eigenvalue weighted by atomic mass is 35.5. The summed E-state index contributed by atoms with van der Waals surface area (Å²) in [4.78, 5) is 0. The van der Waals surface area contributed by atoms with Gasteiger partial charge in [-0.25, -0.2) is 0 Å². The maximum Gasteiger partial charge on any atom is 0.0755 e. The van der Waals surface area contributed by atoms with Crippen LogP contribution < -0.4 is 17.7 Å². The molecule has 25 heavy (non-hydrogen) atoms. The number of unbranched alkanes of at least 4 members (excludes halogenated alkanes) is 17. The fourth-order valence-electron chi connectivity index (χ4n) is 3.52. The van der Waals surface area contributed by atoms with Crippen LogP contribution in [0.5, 0.6) is 0 Å². The molecule has 0 atom stereocenters. The SMILES string of the molecule is CCCCCCCCCCCCC[NH2+]CCCCCCCCCC.[Cl-]. The van der Waals surface area contributed by atoms with Gasteiger partial charge in [0.2, 0.25) is 0 Å². The van der Waals surface area contributed by atoms with Crippen LogP contribution in [-0.2, 0) is 0 Å². The molecule has 0 unspecified atom stereocenters. The summed E-state index contributed by atoms with van der Waals surface area (Å²) in [5.41, 5.74) is 0. The Kier molecular flexibility index (Phi) is 29.1. The fourth-order valence-corrected chi connectivity index (χ4v) is 3.52. The van der Waals surface area contributed by atoms with Gasteiger partial charge in [-0.2, -0.15) is 0 Å². The first-order chi connectivity index (χ1) is 11.9. The number of halogens is 1. The molecule has 0 aliphatic heterocycles. The molecule has 0 aromatic heterocycles. The minimum absolute atomic E-state index is 0. The topological polar surface area (TPSA) is 16.6 Å². The van der Waals surface area contributed by atoms with Crippen molar-refractivity contribution >= 4 is 0 Å². The summed E-state index contributed by atoms with van der Waals surface area (Å²) in [5.74, 6) is 0. The Bertz CT molecular complexity index is 186. The van der Waals surface area contributed by atoms with Gasteiger partial charge in [0.15, 0.2) is 0 Å². The zero-order valence-corrected chi connectivity index (χ0v) is 18.6. The van der Waals surface area contributed by atoms with E-state index in [2.05, 4.69) is 19.2 Å². The van der Waals surface area contributed by atoms with Gasteiger partial charge in [0.1, 0.15) is 0 Å². The van der Waals surface area contributed by atoms with Crippen molar-refractivity contribution in [2.75, 3.05) is 13.1 Å². The van der Waals surface area contributed by atoms with Crippen molar-refractivity contribution in [1.29, 1.82) is 0 Å². The Morgan fingerprint density at radius 1 is 0.360 bits per heavy atom. The average molecular weight is 376 g/mol. The van der Waals surface area contributed by atoms with Crippen LogP contribution in [0.2, 0.25) is 0 Å². The fraction of sp³-hybridized carbons (Fsp3) is 1.00. The van der Waals surface area contributed by atoms with Crippen LogP contribution in [0.1, 0.15) is 136 Å². The summed E-state index contributed by atoms with van der Waals surface area (Å²) in [7, 11) is 0. The summed E-state index contributed by atoms with van der Waals surface area (Å²) >= 11 is 0. The molecule has 1 nitrogen and oxygen atoms in total. The van der Waals surface area contributed by atoms with E-state index in [1.165, 1.54) is 135 Å². The lowest BCUT2D eigenvalue weighted by molar-refractivity contribution is -0.655. The third-order valence-electron chi connectivity index (χ3n) is 5.27. The highest BCUT2D eigenvalue weighted by Crippen LogP contribution is 2.11. The van der Waals surface area contributed by atoms with Crippen LogP contribution in [0, 0.1) is 0 Å². The maximum atomic E-state index is 2.56. The minimum atomic E-state index is 0. The highest BCUT2D eigenvalue weighted by Gasteiger charge is 1.96. The van der Waals surface area contributed by atoms with E-state index < -0.39 is 0 Å². The van der Waals surface area contributed by atoms with Crippen LogP contribution in [0.25, 0.3) is 0 Å². The van der Waals surface area contributed by atoms with Gasteiger partial charge in [-0.15, -0.1) is 0 Å². The molecule has 0 rings (SSSR count). The number of nitrogens with two attached hydrogens (primary N) is 1.